The van der Waals surface area contributed by atoms with E-state index in [1.54, 1.807) is 44.4 Å². The lowest BCUT2D eigenvalue weighted by Gasteiger charge is -2.36. The van der Waals surface area contributed by atoms with Crippen molar-refractivity contribution in [1.29, 1.82) is 0 Å². The Kier molecular flexibility index (Phi) is 5.64. The van der Waals surface area contributed by atoms with Gasteiger partial charge in [0.2, 0.25) is 9.84 Å². The first-order valence-corrected chi connectivity index (χ1v) is 10.2. The summed E-state index contributed by atoms with van der Waals surface area (Å²) in [5.41, 5.74) is 1.39. The Labute approximate surface area is 159 Å². The van der Waals surface area contributed by atoms with Crippen molar-refractivity contribution in [3.8, 4) is 0 Å². The highest BCUT2D eigenvalue weighted by molar-refractivity contribution is 7.91. The Morgan fingerprint density at radius 1 is 1.11 bits per heavy atom. The summed E-state index contributed by atoms with van der Waals surface area (Å²) < 4.78 is 37.3. The first kappa shape index (κ1) is 19.5. The number of ether oxygens (including phenoxy) is 2. The molecule has 2 aromatic rings. The summed E-state index contributed by atoms with van der Waals surface area (Å²) in [4.78, 5) is 0.413. The van der Waals surface area contributed by atoms with Gasteiger partial charge in [-0.25, -0.2) is 8.42 Å². The molecule has 1 aliphatic rings. The molecule has 0 bridgehead atoms. The number of sulfone groups is 1. The number of nitrogens with zero attached hydrogens (tertiary/aromatic N) is 1. The summed E-state index contributed by atoms with van der Waals surface area (Å²) in [6.45, 7) is 2.81. The summed E-state index contributed by atoms with van der Waals surface area (Å²) in [6, 6.07) is 13.2. The fourth-order valence-corrected chi connectivity index (χ4v) is 4.63. The van der Waals surface area contributed by atoms with E-state index < -0.39 is 15.4 Å². The quantitative estimate of drug-likeness (QED) is 0.481. The molecule has 0 unspecified atom stereocenters. The van der Waals surface area contributed by atoms with Crippen molar-refractivity contribution in [2.45, 2.75) is 35.2 Å². The van der Waals surface area contributed by atoms with Gasteiger partial charge >= 0.3 is 0 Å². The molecule has 27 heavy (non-hydrogen) atoms. The van der Waals surface area contributed by atoms with E-state index in [-0.39, 0.29) is 9.79 Å². The summed E-state index contributed by atoms with van der Waals surface area (Å²) in [7, 11) is -2.02. The van der Waals surface area contributed by atoms with Crippen LogP contribution in [0.3, 0.4) is 0 Å². The Balaban J connectivity index is 1.98. The maximum atomic E-state index is 13.1. The third kappa shape index (κ3) is 3.76. The van der Waals surface area contributed by atoms with Gasteiger partial charge in [-0.3, -0.25) is 0 Å². The minimum Gasteiger partial charge on any atom is -0.411 e. The van der Waals surface area contributed by atoms with Crippen LogP contribution in [-0.2, 0) is 24.9 Å². The zero-order valence-corrected chi connectivity index (χ0v) is 16.2. The van der Waals surface area contributed by atoms with Crippen molar-refractivity contribution in [3.63, 3.8) is 0 Å². The molecule has 0 amide bonds. The Morgan fingerprint density at radius 2 is 1.78 bits per heavy atom. The second-order valence-corrected chi connectivity index (χ2v) is 8.50. The molecule has 0 atom stereocenters. The molecule has 7 heteroatoms. The fourth-order valence-electron chi connectivity index (χ4n) is 3.33. The van der Waals surface area contributed by atoms with Crippen molar-refractivity contribution in [2.24, 2.45) is 5.16 Å². The van der Waals surface area contributed by atoms with Crippen LogP contribution in [0.4, 0.5) is 0 Å². The van der Waals surface area contributed by atoms with Crippen LogP contribution in [0, 0.1) is 0 Å². The largest absolute Gasteiger partial charge is 0.411 e. The van der Waals surface area contributed by atoms with E-state index in [4.69, 9.17) is 14.7 Å². The molecule has 1 aliphatic heterocycles. The van der Waals surface area contributed by atoms with E-state index in [9.17, 15) is 8.42 Å². The average Bonchev–Trinajstić information content (AvgIpc) is 2.73. The predicted molar refractivity (Wildman–Crippen MR) is 101 cm³/mol. The smallest absolute Gasteiger partial charge is 0.206 e. The van der Waals surface area contributed by atoms with Crippen LogP contribution in [0.15, 0.2) is 63.5 Å². The topological polar surface area (TPSA) is 85.2 Å². The van der Waals surface area contributed by atoms with Crippen LogP contribution in [0.2, 0.25) is 0 Å². The van der Waals surface area contributed by atoms with Crippen LogP contribution in [0.25, 0.3) is 0 Å². The third-order valence-electron chi connectivity index (χ3n) is 5.09. The minimum atomic E-state index is -3.67. The normalized spacial score (nSPS) is 17.6. The Hall–Kier alpha value is -2.22. The molecule has 1 fully saturated rings. The highest BCUT2D eigenvalue weighted by Crippen LogP contribution is 2.37. The highest BCUT2D eigenvalue weighted by atomic mass is 32.2. The first-order chi connectivity index (χ1) is 12.9. The van der Waals surface area contributed by atoms with Crippen molar-refractivity contribution in [3.05, 3.63) is 59.7 Å². The van der Waals surface area contributed by atoms with Gasteiger partial charge in [0.25, 0.3) is 0 Å². The number of oxime groups is 1. The molecule has 1 saturated heterocycles. The zero-order valence-electron chi connectivity index (χ0n) is 15.4. The van der Waals surface area contributed by atoms with Gasteiger partial charge in [-0.1, -0.05) is 29.4 Å². The number of benzene rings is 2. The van der Waals surface area contributed by atoms with Crippen LogP contribution in [0.1, 0.15) is 30.9 Å². The maximum Gasteiger partial charge on any atom is 0.206 e. The number of rotatable bonds is 5. The third-order valence-corrected chi connectivity index (χ3v) is 6.86. The molecular formula is C20H23NO5S. The molecule has 6 nitrogen and oxygen atoms in total. The van der Waals surface area contributed by atoms with E-state index in [2.05, 4.69) is 5.16 Å². The lowest BCUT2D eigenvalue weighted by molar-refractivity contribution is -0.0948. The second-order valence-electron chi connectivity index (χ2n) is 6.55. The standard InChI is InChI=1S/C20H23NO5S/c1-15(21-22)16-6-8-18(9-7-16)27(23,24)19-5-3-4-17(14-19)20(25-2)10-12-26-13-11-20/h3-9,14,22H,10-13H2,1-2H3. The number of methoxy groups -OCH3 is 1. The average molecular weight is 389 g/mol. The van der Waals surface area contributed by atoms with Crippen LogP contribution in [-0.4, -0.2) is 39.7 Å². The molecule has 0 aliphatic carbocycles. The SMILES string of the molecule is COC1(c2cccc(S(=O)(=O)c3ccc(C(C)=NO)cc3)c2)CCOCC1. The second kappa shape index (κ2) is 7.80. The van der Waals surface area contributed by atoms with E-state index in [0.29, 0.717) is 37.3 Å². The highest BCUT2D eigenvalue weighted by Gasteiger charge is 2.35. The summed E-state index contributed by atoms with van der Waals surface area (Å²) in [6.07, 6.45) is 1.36. The van der Waals surface area contributed by atoms with Crippen LogP contribution in [0.5, 0.6) is 0 Å². The van der Waals surface area contributed by atoms with Gasteiger partial charge in [0.15, 0.2) is 0 Å². The molecule has 0 radical (unpaired) electrons. The van der Waals surface area contributed by atoms with Gasteiger partial charge in [-0.2, -0.15) is 0 Å². The lowest BCUT2D eigenvalue weighted by Crippen LogP contribution is -2.35. The van der Waals surface area contributed by atoms with E-state index in [0.717, 1.165) is 5.56 Å². The molecule has 1 heterocycles. The van der Waals surface area contributed by atoms with Gasteiger partial charge in [0.05, 0.1) is 21.1 Å². The van der Waals surface area contributed by atoms with E-state index >= 15 is 0 Å². The van der Waals surface area contributed by atoms with Crippen molar-refractivity contribution >= 4 is 15.5 Å². The fraction of sp³-hybridized carbons (Fsp3) is 0.350. The Bertz CT molecular complexity index is 929. The predicted octanol–water partition coefficient (Wildman–Crippen LogP) is 3.37. The molecular weight excluding hydrogens is 366 g/mol. The first-order valence-electron chi connectivity index (χ1n) is 8.70. The maximum absolute atomic E-state index is 13.1. The monoisotopic (exact) mass is 389 g/mol. The van der Waals surface area contributed by atoms with Gasteiger partial charge < -0.3 is 14.7 Å². The molecule has 2 aromatic carbocycles. The summed E-state index contributed by atoms with van der Waals surface area (Å²) in [5.74, 6) is 0. The summed E-state index contributed by atoms with van der Waals surface area (Å²) in [5, 5.41) is 12.0. The molecule has 0 saturated carbocycles. The molecule has 0 spiro atoms. The summed E-state index contributed by atoms with van der Waals surface area (Å²) >= 11 is 0. The zero-order chi connectivity index (χ0) is 19.5. The van der Waals surface area contributed by atoms with E-state index in [1.165, 1.54) is 12.1 Å². The van der Waals surface area contributed by atoms with Crippen molar-refractivity contribution in [2.75, 3.05) is 20.3 Å². The molecule has 1 N–H and O–H groups in total. The Morgan fingerprint density at radius 3 is 2.37 bits per heavy atom. The number of hydrogen-bond acceptors (Lipinski definition) is 6. The van der Waals surface area contributed by atoms with E-state index in [1.807, 2.05) is 6.07 Å². The van der Waals surface area contributed by atoms with Gasteiger partial charge in [0, 0.05) is 33.2 Å². The molecule has 3 rings (SSSR count). The van der Waals surface area contributed by atoms with Crippen LogP contribution < -0.4 is 0 Å². The molecule has 144 valence electrons. The van der Waals surface area contributed by atoms with Crippen molar-refractivity contribution < 1.29 is 23.1 Å². The molecule has 0 aromatic heterocycles. The van der Waals surface area contributed by atoms with Gasteiger partial charge in [-0.15, -0.1) is 0 Å². The lowest BCUT2D eigenvalue weighted by atomic mass is 9.86. The van der Waals surface area contributed by atoms with Gasteiger partial charge in [-0.05, 0) is 42.3 Å². The van der Waals surface area contributed by atoms with Gasteiger partial charge in [0.1, 0.15) is 0 Å². The minimum absolute atomic E-state index is 0.188. The van der Waals surface area contributed by atoms with Crippen LogP contribution >= 0.6 is 0 Å². The van der Waals surface area contributed by atoms with Crippen molar-refractivity contribution in [1.82, 2.24) is 0 Å². The number of hydrogen-bond donors (Lipinski definition) is 1.